The molecule has 1 aromatic carbocycles. The Kier molecular flexibility index (Phi) is 5.70. The average molecular weight is 327 g/mol. The number of nitrogens with zero attached hydrogens (tertiary/aromatic N) is 4. The first-order chi connectivity index (χ1) is 11.9. The van der Waals surface area contributed by atoms with Gasteiger partial charge in [-0.3, -0.25) is 0 Å². The Morgan fingerprint density at radius 3 is 2.79 bits per heavy atom. The Morgan fingerprint density at radius 2 is 1.96 bits per heavy atom. The van der Waals surface area contributed by atoms with Gasteiger partial charge in [0.15, 0.2) is 5.65 Å². The van der Waals surface area contributed by atoms with Gasteiger partial charge in [-0.1, -0.05) is 18.2 Å². The third kappa shape index (κ3) is 3.87. The van der Waals surface area contributed by atoms with Crippen molar-refractivity contribution in [1.29, 1.82) is 0 Å². The van der Waals surface area contributed by atoms with E-state index < -0.39 is 0 Å². The van der Waals surface area contributed by atoms with E-state index in [1.165, 1.54) is 0 Å². The first-order valence-electron chi connectivity index (χ1n) is 7.95. The van der Waals surface area contributed by atoms with Crippen LogP contribution in [0.1, 0.15) is 6.42 Å². The summed E-state index contributed by atoms with van der Waals surface area (Å²) in [5, 5.41) is 8.67. The summed E-state index contributed by atoms with van der Waals surface area (Å²) in [6.45, 7) is 2.71. The van der Waals surface area contributed by atoms with Gasteiger partial charge in [0.1, 0.15) is 12.1 Å². The molecule has 0 saturated heterocycles. The Balaban J connectivity index is 1.64. The Labute approximate surface area is 140 Å². The molecule has 126 valence electrons. The molecule has 0 fully saturated rings. The lowest BCUT2D eigenvalue weighted by Gasteiger charge is -2.07. The fourth-order valence-corrected chi connectivity index (χ4v) is 2.37. The summed E-state index contributed by atoms with van der Waals surface area (Å²) >= 11 is 0. The SMILES string of the molecule is COCCOCCCNc1ncnc2c1cnn2-c1ccccc1. The van der Waals surface area contributed by atoms with Crippen molar-refractivity contribution in [3.05, 3.63) is 42.9 Å². The number of hydrogen-bond acceptors (Lipinski definition) is 6. The summed E-state index contributed by atoms with van der Waals surface area (Å²) in [5.41, 5.74) is 1.76. The summed E-state index contributed by atoms with van der Waals surface area (Å²) in [7, 11) is 1.67. The van der Waals surface area contributed by atoms with Crippen molar-refractivity contribution in [2.45, 2.75) is 6.42 Å². The van der Waals surface area contributed by atoms with Gasteiger partial charge in [0.25, 0.3) is 0 Å². The number of ether oxygens (including phenoxy) is 2. The minimum atomic E-state index is 0.623. The molecule has 0 aliphatic rings. The molecule has 7 nitrogen and oxygen atoms in total. The largest absolute Gasteiger partial charge is 0.382 e. The van der Waals surface area contributed by atoms with Gasteiger partial charge in [0.05, 0.1) is 30.5 Å². The monoisotopic (exact) mass is 327 g/mol. The van der Waals surface area contributed by atoms with Crippen LogP contribution in [0.25, 0.3) is 16.7 Å². The van der Waals surface area contributed by atoms with E-state index in [-0.39, 0.29) is 0 Å². The molecule has 2 aromatic heterocycles. The van der Waals surface area contributed by atoms with Crippen LogP contribution in [0, 0.1) is 0 Å². The number of rotatable bonds is 9. The Hall–Kier alpha value is -2.51. The fraction of sp³-hybridized carbons (Fsp3) is 0.353. The van der Waals surface area contributed by atoms with Crippen LogP contribution in [0.2, 0.25) is 0 Å². The maximum Gasteiger partial charge on any atom is 0.168 e. The van der Waals surface area contributed by atoms with Crippen molar-refractivity contribution in [1.82, 2.24) is 19.7 Å². The van der Waals surface area contributed by atoms with Crippen molar-refractivity contribution in [3.63, 3.8) is 0 Å². The van der Waals surface area contributed by atoms with Crippen LogP contribution < -0.4 is 5.32 Å². The number of benzene rings is 1. The van der Waals surface area contributed by atoms with Crippen LogP contribution >= 0.6 is 0 Å². The van der Waals surface area contributed by atoms with Gasteiger partial charge in [0, 0.05) is 20.3 Å². The van der Waals surface area contributed by atoms with Gasteiger partial charge < -0.3 is 14.8 Å². The quantitative estimate of drug-likeness (QED) is 0.608. The van der Waals surface area contributed by atoms with Gasteiger partial charge in [-0.2, -0.15) is 5.10 Å². The standard InChI is InChI=1S/C17H21N5O2/c1-23-10-11-24-9-5-8-18-16-15-12-21-22(17(15)20-13-19-16)14-6-3-2-4-7-14/h2-4,6-7,12-13H,5,8-11H2,1H3,(H,18,19,20). The molecule has 0 saturated carbocycles. The van der Waals surface area contributed by atoms with Crippen LogP contribution in [0.4, 0.5) is 5.82 Å². The summed E-state index contributed by atoms with van der Waals surface area (Å²) < 4.78 is 12.2. The van der Waals surface area contributed by atoms with Crippen LogP contribution in [-0.2, 0) is 9.47 Å². The van der Waals surface area contributed by atoms with Crippen LogP contribution in [0.15, 0.2) is 42.9 Å². The van der Waals surface area contributed by atoms with Gasteiger partial charge >= 0.3 is 0 Å². The molecule has 1 N–H and O–H groups in total. The average Bonchev–Trinajstić information content (AvgIpc) is 3.06. The van der Waals surface area contributed by atoms with Crippen LogP contribution in [0.5, 0.6) is 0 Å². The predicted octanol–water partition coefficient (Wildman–Crippen LogP) is 2.28. The molecule has 2 heterocycles. The zero-order valence-corrected chi connectivity index (χ0v) is 13.7. The Morgan fingerprint density at radius 1 is 1.08 bits per heavy atom. The van der Waals surface area contributed by atoms with E-state index in [1.807, 2.05) is 35.0 Å². The lowest BCUT2D eigenvalue weighted by molar-refractivity contribution is 0.0705. The van der Waals surface area contributed by atoms with Crippen LogP contribution in [0.3, 0.4) is 0 Å². The highest BCUT2D eigenvalue weighted by Crippen LogP contribution is 2.21. The fourth-order valence-electron chi connectivity index (χ4n) is 2.37. The molecule has 0 unspecified atom stereocenters. The zero-order valence-electron chi connectivity index (χ0n) is 13.7. The van der Waals surface area contributed by atoms with Crippen molar-refractivity contribution >= 4 is 16.9 Å². The second-order valence-electron chi connectivity index (χ2n) is 5.24. The van der Waals surface area contributed by atoms with Crippen molar-refractivity contribution in [2.75, 3.05) is 38.8 Å². The first-order valence-corrected chi connectivity index (χ1v) is 7.95. The number of aromatic nitrogens is 4. The van der Waals surface area contributed by atoms with Crippen molar-refractivity contribution in [2.24, 2.45) is 0 Å². The molecular weight excluding hydrogens is 306 g/mol. The summed E-state index contributed by atoms with van der Waals surface area (Å²) in [6, 6.07) is 9.93. The summed E-state index contributed by atoms with van der Waals surface area (Å²) in [4.78, 5) is 8.69. The maximum atomic E-state index is 5.45. The normalized spacial score (nSPS) is 11.0. The molecule has 0 aliphatic carbocycles. The number of anilines is 1. The second-order valence-corrected chi connectivity index (χ2v) is 5.24. The van der Waals surface area contributed by atoms with E-state index in [1.54, 1.807) is 19.6 Å². The molecule has 0 spiro atoms. The van der Waals surface area contributed by atoms with E-state index in [9.17, 15) is 0 Å². The van der Waals surface area contributed by atoms with E-state index in [0.717, 1.165) is 35.5 Å². The minimum Gasteiger partial charge on any atom is -0.382 e. The molecule has 0 amide bonds. The molecule has 7 heteroatoms. The molecule has 24 heavy (non-hydrogen) atoms. The van der Waals surface area contributed by atoms with Crippen LogP contribution in [-0.4, -0.2) is 53.2 Å². The highest BCUT2D eigenvalue weighted by atomic mass is 16.5. The maximum absolute atomic E-state index is 5.45. The highest BCUT2D eigenvalue weighted by molar-refractivity contribution is 5.87. The summed E-state index contributed by atoms with van der Waals surface area (Å²) in [5.74, 6) is 0.791. The number of para-hydroxylation sites is 1. The highest BCUT2D eigenvalue weighted by Gasteiger charge is 2.10. The third-order valence-electron chi connectivity index (χ3n) is 3.56. The first kappa shape index (κ1) is 16.4. The number of fused-ring (bicyclic) bond motifs is 1. The second kappa shape index (κ2) is 8.37. The molecule has 3 rings (SSSR count). The third-order valence-corrected chi connectivity index (χ3v) is 3.56. The van der Waals surface area contributed by atoms with Crippen molar-refractivity contribution in [3.8, 4) is 5.69 Å². The lowest BCUT2D eigenvalue weighted by atomic mass is 10.3. The Bertz CT molecular complexity index is 760. The number of hydrogen-bond donors (Lipinski definition) is 1. The van der Waals surface area contributed by atoms with E-state index in [0.29, 0.717) is 19.8 Å². The van der Waals surface area contributed by atoms with Crippen molar-refractivity contribution < 1.29 is 9.47 Å². The van der Waals surface area contributed by atoms with E-state index in [2.05, 4.69) is 20.4 Å². The molecular formula is C17H21N5O2. The van der Waals surface area contributed by atoms with Gasteiger partial charge in [-0.15, -0.1) is 0 Å². The lowest BCUT2D eigenvalue weighted by Crippen LogP contribution is -2.09. The molecule has 0 aliphatic heterocycles. The van der Waals surface area contributed by atoms with E-state index >= 15 is 0 Å². The number of nitrogens with one attached hydrogen (secondary N) is 1. The van der Waals surface area contributed by atoms with E-state index in [4.69, 9.17) is 9.47 Å². The summed E-state index contributed by atoms with van der Waals surface area (Å²) in [6.07, 6.45) is 4.24. The predicted molar refractivity (Wildman–Crippen MR) is 92.5 cm³/mol. The smallest absolute Gasteiger partial charge is 0.168 e. The molecule has 3 aromatic rings. The topological polar surface area (TPSA) is 74.1 Å². The van der Waals surface area contributed by atoms with Gasteiger partial charge in [-0.05, 0) is 18.6 Å². The molecule has 0 bridgehead atoms. The minimum absolute atomic E-state index is 0.623. The zero-order chi connectivity index (χ0) is 16.6. The van der Waals surface area contributed by atoms with Gasteiger partial charge in [0.2, 0.25) is 0 Å². The van der Waals surface area contributed by atoms with Gasteiger partial charge in [-0.25, -0.2) is 14.6 Å². The number of methoxy groups -OCH3 is 1. The molecule has 0 atom stereocenters. The molecule has 0 radical (unpaired) electrons.